The Morgan fingerprint density at radius 2 is 1.33 bits per heavy atom. The van der Waals surface area contributed by atoms with Gasteiger partial charge < -0.3 is 21.1 Å². The highest BCUT2D eigenvalue weighted by Gasteiger charge is 2.26. The van der Waals surface area contributed by atoms with Gasteiger partial charge in [-0.1, -0.05) is 0 Å². The Balaban J connectivity index is 4.30. The minimum absolute atomic E-state index is 0.759. The topological polar surface area (TPSA) is 90.0 Å². The van der Waals surface area contributed by atoms with Gasteiger partial charge in [-0.05, 0) is 20.8 Å². The lowest BCUT2D eigenvalue weighted by molar-refractivity contribution is -0.129. The van der Waals surface area contributed by atoms with Gasteiger partial charge in [0.2, 0.25) is 0 Å². The second-order valence-electron chi connectivity index (χ2n) is 2.94. The smallest absolute Gasteiger partial charge is 0.107 e. The highest BCUT2D eigenvalue weighted by Crippen LogP contribution is 2.06. The lowest BCUT2D eigenvalue weighted by atomic mass is 10.2. The van der Waals surface area contributed by atoms with Crippen molar-refractivity contribution in [3.05, 3.63) is 0 Å². The van der Waals surface area contributed by atoms with Gasteiger partial charge in [0.05, 0.1) is 12.3 Å². The minimum Gasteiger partial charge on any atom is -0.390 e. The number of rotatable bonds is 4. The van der Waals surface area contributed by atoms with E-state index in [1.165, 1.54) is 25.7 Å². The van der Waals surface area contributed by atoms with E-state index in [0.29, 0.717) is 0 Å². The molecule has 5 N–H and O–H groups in total. The highest BCUT2D eigenvalue weighted by atomic mass is 16.3. The minimum atomic E-state index is -0.880. The van der Waals surface area contributed by atoms with Crippen LogP contribution in [0.4, 0.5) is 0 Å². The Morgan fingerprint density at radius 3 is 1.42 bits per heavy atom. The number of aliphatic hydroxyl groups excluding tert-OH is 3. The van der Waals surface area contributed by atoms with Crippen molar-refractivity contribution in [1.82, 2.24) is 4.90 Å². The van der Waals surface area contributed by atoms with Crippen molar-refractivity contribution in [1.29, 1.82) is 0 Å². The van der Waals surface area contributed by atoms with E-state index in [2.05, 4.69) is 0 Å². The molecule has 4 unspecified atom stereocenters. The summed E-state index contributed by atoms with van der Waals surface area (Å²) < 4.78 is 0. The van der Waals surface area contributed by atoms with E-state index in [-0.39, 0.29) is 0 Å². The Bertz CT molecular complexity index is 120. The molecule has 0 fully saturated rings. The Labute approximate surface area is 72.4 Å². The molecule has 0 bridgehead atoms. The van der Waals surface area contributed by atoms with Crippen molar-refractivity contribution in [2.75, 3.05) is 0 Å². The van der Waals surface area contributed by atoms with Gasteiger partial charge in [-0.2, -0.15) is 0 Å². The highest BCUT2D eigenvalue weighted by molar-refractivity contribution is 4.71. The van der Waals surface area contributed by atoms with Crippen molar-refractivity contribution in [3.63, 3.8) is 0 Å². The summed E-state index contributed by atoms with van der Waals surface area (Å²) in [5.41, 5.74) is 5.52. The molecule has 0 aliphatic rings. The first-order valence-corrected chi connectivity index (χ1v) is 3.95. The third kappa shape index (κ3) is 3.04. The first kappa shape index (κ1) is 11.8. The maximum Gasteiger partial charge on any atom is 0.107 e. The molecule has 12 heavy (non-hydrogen) atoms. The molecule has 0 aliphatic carbocycles. The summed E-state index contributed by atoms with van der Waals surface area (Å²) in [5.74, 6) is 0. The van der Waals surface area contributed by atoms with Crippen LogP contribution < -0.4 is 5.73 Å². The van der Waals surface area contributed by atoms with Gasteiger partial charge in [0.15, 0.2) is 0 Å². The second kappa shape index (κ2) is 4.74. The van der Waals surface area contributed by atoms with E-state index in [9.17, 15) is 10.2 Å². The maximum atomic E-state index is 9.18. The van der Waals surface area contributed by atoms with Gasteiger partial charge in [-0.25, -0.2) is 4.90 Å². The van der Waals surface area contributed by atoms with Crippen LogP contribution in [-0.4, -0.2) is 44.9 Å². The second-order valence-corrected chi connectivity index (χ2v) is 2.94. The maximum absolute atomic E-state index is 9.18. The molecular formula is C7H18N2O3. The van der Waals surface area contributed by atoms with Gasteiger partial charge in [-0.15, -0.1) is 0 Å². The molecule has 0 aromatic carbocycles. The van der Waals surface area contributed by atoms with Crippen molar-refractivity contribution in [3.8, 4) is 0 Å². The molecule has 0 saturated heterocycles. The normalized spacial score (nSPS) is 22.0. The average molecular weight is 178 g/mol. The average Bonchev–Trinajstić information content (AvgIpc) is 1.85. The summed E-state index contributed by atoms with van der Waals surface area (Å²) in [7, 11) is 0. The van der Waals surface area contributed by atoms with Crippen molar-refractivity contribution in [2.45, 2.75) is 45.5 Å². The fourth-order valence-corrected chi connectivity index (χ4v) is 1.06. The van der Waals surface area contributed by atoms with Crippen LogP contribution in [0.3, 0.4) is 0 Å². The van der Waals surface area contributed by atoms with E-state index >= 15 is 0 Å². The van der Waals surface area contributed by atoms with Crippen LogP contribution in [-0.2, 0) is 0 Å². The summed E-state index contributed by atoms with van der Waals surface area (Å²) in [6.45, 7) is 4.46. The molecule has 0 radical (unpaired) electrons. The van der Waals surface area contributed by atoms with Crippen LogP contribution >= 0.6 is 0 Å². The predicted octanol–water partition coefficient (Wildman–Crippen LogP) is -1.37. The number of hydrogen-bond acceptors (Lipinski definition) is 5. The van der Waals surface area contributed by atoms with Gasteiger partial charge in [0.25, 0.3) is 0 Å². The number of nitrogens with zero attached hydrogens (tertiary/aromatic N) is 1. The van der Waals surface area contributed by atoms with Crippen LogP contribution in [0.25, 0.3) is 0 Å². The lowest BCUT2D eigenvalue weighted by Gasteiger charge is -2.34. The first-order chi connectivity index (χ1) is 5.37. The number of nitrogens with two attached hydrogens (primary N) is 1. The predicted molar refractivity (Wildman–Crippen MR) is 44.9 cm³/mol. The fourth-order valence-electron chi connectivity index (χ4n) is 1.06. The molecule has 0 heterocycles. The molecule has 74 valence electrons. The summed E-state index contributed by atoms with van der Waals surface area (Å²) in [6, 6.07) is 0. The molecule has 0 rings (SSSR count). The monoisotopic (exact) mass is 178 g/mol. The van der Waals surface area contributed by atoms with Crippen LogP contribution in [0.5, 0.6) is 0 Å². The SMILES string of the molecule is CC(O)C(N)N(C(C)O)C(C)O. The van der Waals surface area contributed by atoms with E-state index in [1.54, 1.807) is 0 Å². The van der Waals surface area contributed by atoms with Gasteiger partial charge in [0.1, 0.15) is 12.5 Å². The lowest BCUT2D eigenvalue weighted by Crippen LogP contribution is -2.56. The van der Waals surface area contributed by atoms with Crippen LogP contribution in [0.15, 0.2) is 0 Å². The summed E-state index contributed by atoms with van der Waals surface area (Å²) in [4.78, 5) is 1.21. The van der Waals surface area contributed by atoms with Crippen molar-refractivity contribution >= 4 is 0 Å². The van der Waals surface area contributed by atoms with Crippen LogP contribution in [0.2, 0.25) is 0 Å². The summed E-state index contributed by atoms with van der Waals surface area (Å²) >= 11 is 0. The molecule has 0 aromatic rings. The molecule has 0 aromatic heterocycles. The van der Waals surface area contributed by atoms with E-state index in [4.69, 9.17) is 10.8 Å². The quantitative estimate of drug-likeness (QED) is 0.399. The number of hydrogen-bond donors (Lipinski definition) is 4. The molecule has 0 saturated carbocycles. The fraction of sp³-hybridized carbons (Fsp3) is 1.00. The Hall–Kier alpha value is -0.200. The molecule has 0 aliphatic heterocycles. The molecule has 5 nitrogen and oxygen atoms in total. The standard InChI is InChI=1S/C7H18N2O3/c1-4(10)7(8)9(5(2)11)6(3)12/h4-7,10-12H,8H2,1-3H3. The Kier molecular flexibility index (Phi) is 4.66. The third-order valence-electron chi connectivity index (χ3n) is 1.70. The van der Waals surface area contributed by atoms with Crippen LogP contribution in [0.1, 0.15) is 20.8 Å². The van der Waals surface area contributed by atoms with E-state index in [0.717, 1.165) is 0 Å². The zero-order valence-electron chi connectivity index (χ0n) is 7.68. The summed E-state index contributed by atoms with van der Waals surface area (Å²) in [5, 5.41) is 27.5. The zero-order valence-corrected chi connectivity index (χ0v) is 7.68. The molecule has 0 amide bonds. The van der Waals surface area contributed by atoms with Crippen molar-refractivity contribution in [2.24, 2.45) is 5.73 Å². The first-order valence-electron chi connectivity index (χ1n) is 3.95. The summed E-state index contributed by atoms with van der Waals surface area (Å²) in [6.07, 6.45) is -3.32. The van der Waals surface area contributed by atoms with Crippen LogP contribution in [0, 0.1) is 0 Å². The molecular weight excluding hydrogens is 160 g/mol. The molecule has 0 spiro atoms. The third-order valence-corrected chi connectivity index (χ3v) is 1.70. The van der Waals surface area contributed by atoms with Crippen molar-refractivity contribution < 1.29 is 15.3 Å². The number of aliphatic hydroxyl groups is 3. The van der Waals surface area contributed by atoms with Gasteiger partial charge >= 0.3 is 0 Å². The van der Waals surface area contributed by atoms with Gasteiger partial charge in [-0.3, -0.25) is 0 Å². The largest absolute Gasteiger partial charge is 0.390 e. The molecule has 4 atom stereocenters. The molecule has 5 heteroatoms. The Morgan fingerprint density at radius 1 is 1.00 bits per heavy atom. The van der Waals surface area contributed by atoms with Gasteiger partial charge in [0, 0.05) is 0 Å². The van der Waals surface area contributed by atoms with E-state index in [1.807, 2.05) is 0 Å². The zero-order chi connectivity index (χ0) is 9.89. The van der Waals surface area contributed by atoms with E-state index < -0.39 is 24.7 Å².